The average Bonchev–Trinajstić information content (AvgIpc) is 2.85. The average molecular weight is 469 g/mol. The Morgan fingerprint density at radius 1 is 0.939 bits per heavy atom. The molecule has 3 atom stereocenters. The van der Waals surface area contributed by atoms with Crippen molar-refractivity contribution in [2.75, 3.05) is 45.9 Å². The number of hydrogen-bond acceptors (Lipinski definition) is 4. The maximum atomic E-state index is 13.2. The number of hydrogen-bond donors (Lipinski definition) is 1. The molecule has 2 unspecified atom stereocenters. The van der Waals surface area contributed by atoms with Crippen LogP contribution in [-0.4, -0.2) is 84.7 Å². The number of amides is 3. The molecule has 1 N–H and O–H groups in total. The lowest BCUT2D eigenvalue weighted by atomic mass is 9.96. The summed E-state index contributed by atoms with van der Waals surface area (Å²) in [5.74, 6) is -0.103. The quantitative estimate of drug-likeness (QED) is 0.752. The lowest BCUT2D eigenvalue weighted by Crippen LogP contribution is -2.63. The second-order valence-electron chi connectivity index (χ2n) is 8.93. The van der Waals surface area contributed by atoms with Crippen LogP contribution < -0.4 is 5.32 Å². The van der Waals surface area contributed by atoms with Gasteiger partial charge in [0, 0.05) is 44.3 Å². The smallest absolute Gasteiger partial charge is 0.320 e. The molecule has 33 heavy (non-hydrogen) atoms. The van der Waals surface area contributed by atoms with E-state index in [-0.39, 0.29) is 36.7 Å². The van der Waals surface area contributed by atoms with Gasteiger partial charge in [-0.1, -0.05) is 54.1 Å². The van der Waals surface area contributed by atoms with Crippen molar-refractivity contribution in [3.05, 3.63) is 70.7 Å². The zero-order valence-corrected chi connectivity index (χ0v) is 19.3. The Labute approximate surface area is 199 Å². The highest BCUT2D eigenvalue weighted by Gasteiger charge is 2.38. The normalized spacial score (nSPS) is 24.7. The second-order valence-corrected chi connectivity index (χ2v) is 9.36. The minimum absolute atomic E-state index is 0.00889. The third-order valence-electron chi connectivity index (χ3n) is 6.85. The van der Waals surface area contributed by atoms with Crippen molar-refractivity contribution >= 4 is 23.5 Å². The number of nitrogens with zero attached hydrogens (tertiary/aromatic N) is 3. The monoisotopic (exact) mass is 468 g/mol. The molecule has 2 aromatic carbocycles. The van der Waals surface area contributed by atoms with E-state index in [0.717, 1.165) is 24.5 Å². The summed E-state index contributed by atoms with van der Waals surface area (Å²) in [6, 6.07) is 18.6. The van der Waals surface area contributed by atoms with E-state index >= 15 is 0 Å². The zero-order valence-electron chi connectivity index (χ0n) is 18.5. The summed E-state index contributed by atoms with van der Waals surface area (Å²) in [5, 5.41) is 3.70. The van der Waals surface area contributed by atoms with E-state index in [2.05, 4.69) is 46.6 Å². The molecular formula is C25H29ClN4O3. The Kier molecular flexibility index (Phi) is 6.53. The molecule has 3 aliphatic rings. The molecule has 8 heteroatoms. The lowest BCUT2D eigenvalue weighted by Gasteiger charge is -2.44. The van der Waals surface area contributed by atoms with Crippen LogP contribution >= 0.6 is 11.6 Å². The summed E-state index contributed by atoms with van der Waals surface area (Å²) in [6.07, 6.45) is 0.762. The molecule has 5 rings (SSSR count). The number of rotatable bonds is 3. The molecular weight excluding hydrogens is 440 g/mol. The number of benzene rings is 2. The lowest BCUT2D eigenvalue weighted by molar-refractivity contribution is -0.139. The van der Waals surface area contributed by atoms with Gasteiger partial charge in [0.2, 0.25) is 5.91 Å². The second kappa shape index (κ2) is 9.71. The molecule has 3 aliphatic heterocycles. The summed E-state index contributed by atoms with van der Waals surface area (Å²) < 4.78 is 5.62. The fraction of sp³-hybridized carbons (Fsp3) is 0.440. The first-order chi connectivity index (χ1) is 16.1. The molecule has 0 bridgehead atoms. The van der Waals surface area contributed by atoms with E-state index in [1.165, 1.54) is 11.1 Å². The first-order valence-electron chi connectivity index (χ1n) is 11.6. The van der Waals surface area contributed by atoms with Gasteiger partial charge in [0.15, 0.2) is 0 Å². The highest BCUT2D eigenvalue weighted by Crippen LogP contribution is 2.30. The number of fused-ring (bicyclic) bond motifs is 1. The molecule has 2 aromatic rings. The van der Waals surface area contributed by atoms with Gasteiger partial charge in [-0.3, -0.25) is 9.69 Å². The van der Waals surface area contributed by atoms with Crippen LogP contribution in [0.1, 0.15) is 23.6 Å². The van der Waals surface area contributed by atoms with Crippen LogP contribution in [0.3, 0.4) is 0 Å². The van der Waals surface area contributed by atoms with Gasteiger partial charge in [0.1, 0.15) is 6.61 Å². The Hall–Kier alpha value is -2.61. The molecule has 3 amide bonds. The first kappa shape index (κ1) is 22.2. The Morgan fingerprint density at radius 2 is 1.64 bits per heavy atom. The standard InChI is InChI=1S/C25H29ClN4O3/c26-20-8-6-19(7-9-20)24(18-4-2-1-3-5-18)28-12-14-29(15-13-28)25(32)30-11-10-22-21(16-30)27-23(31)17-33-22/h1-9,21-22,24H,10-17H2,(H,27,31)/t21-,22?,24?/m1/s1. The van der Waals surface area contributed by atoms with Gasteiger partial charge in [0.05, 0.1) is 18.2 Å². The largest absolute Gasteiger partial charge is 0.366 e. The van der Waals surface area contributed by atoms with Crippen LogP contribution in [0, 0.1) is 0 Å². The van der Waals surface area contributed by atoms with E-state index < -0.39 is 0 Å². The predicted octanol–water partition coefficient (Wildman–Crippen LogP) is 2.76. The number of likely N-dealkylation sites (tertiary alicyclic amines) is 1. The fourth-order valence-electron chi connectivity index (χ4n) is 5.14. The SMILES string of the molecule is O=C1COC2CCN(C(=O)N3CCN(C(c4ccccc4)c4ccc(Cl)cc4)CC3)C[C@H]2N1. The van der Waals surface area contributed by atoms with Crippen LogP contribution in [-0.2, 0) is 9.53 Å². The number of carbonyl (C=O) groups is 2. The molecule has 3 fully saturated rings. The van der Waals surface area contributed by atoms with Gasteiger partial charge in [0.25, 0.3) is 0 Å². The third kappa shape index (κ3) is 4.86. The number of carbonyl (C=O) groups excluding carboxylic acids is 2. The van der Waals surface area contributed by atoms with Crippen molar-refractivity contribution in [1.29, 1.82) is 0 Å². The topological polar surface area (TPSA) is 65.1 Å². The van der Waals surface area contributed by atoms with Gasteiger partial charge >= 0.3 is 6.03 Å². The summed E-state index contributed by atoms with van der Waals surface area (Å²) >= 11 is 6.13. The summed E-state index contributed by atoms with van der Waals surface area (Å²) in [5.41, 5.74) is 2.43. The van der Waals surface area contributed by atoms with Crippen molar-refractivity contribution < 1.29 is 14.3 Å². The molecule has 0 aliphatic carbocycles. The zero-order chi connectivity index (χ0) is 22.8. The van der Waals surface area contributed by atoms with Crippen molar-refractivity contribution in [2.45, 2.75) is 24.6 Å². The maximum Gasteiger partial charge on any atom is 0.320 e. The van der Waals surface area contributed by atoms with Crippen LogP contribution in [0.15, 0.2) is 54.6 Å². The minimum atomic E-state index is -0.113. The van der Waals surface area contributed by atoms with Gasteiger partial charge < -0.3 is 19.9 Å². The van der Waals surface area contributed by atoms with E-state index in [1.54, 1.807) is 0 Å². The van der Waals surface area contributed by atoms with E-state index in [4.69, 9.17) is 16.3 Å². The van der Waals surface area contributed by atoms with Gasteiger partial charge in [-0.2, -0.15) is 0 Å². The van der Waals surface area contributed by atoms with Crippen LogP contribution in [0.4, 0.5) is 4.79 Å². The Morgan fingerprint density at radius 3 is 2.36 bits per heavy atom. The molecule has 0 saturated carbocycles. The Balaban J connectivity index is 1.25. The highest BCUT2D eigenvalue weighted by molar-refractivity contribution is 6.30. The molecule has 0 spiro atoms. The number of ether oxygens (including phenoxy) is 1. The maximum absolute atomic E-state index is 13.2. The number of morpholine rings is 1. The van der Waals surface area contributed by atoms with Crippen LogP contribution in [0.5, 0.6) is 0 Å². The van der Waals surface area contributed by atoms with Gasteiger partial charge in [-0.15, -0.1) is 0 Å². The van der Waals surface area contributed by atoms with Crippen molar-refractivity contribution in [2.24, 2.45) is 0 Å². The Bertz CT molecular complexity index is 979. The number of piperidine rings is 1. The minimum Gasteiger partial charge on any atom is -0.366 e. The molecule has 174 valence electrons. The number of urea groups is 1. The van der Waals surface area contributed by atoms with E-state index in [9.17, 15) is 9.59 Å². The first-order valence-corrected chi connectivity index (χ1v) is 12.0. The van der Waals surface area contributed by atoms with Crippen molar-refractivity contribution in [3.8, 4) is 0 Å². The van der Waals surface area contributed by atoms with Crippen molar-refractivity contribution in [1.82, 2.24) is 20.0 Å². The number of halogens is 1. The van der Waals surface area contributed by atoms with Crippen LogP contribution in [0.2, 0.25) is 5.02 Å². The van der Waals surface area contributed by atoms with E-state index in [1.807, 2.05) is 28.0 Å². The van der Waals surface area contributed by atoms with E-state index in [0.29, 0.717) is 26.2 Å². The molecule has 3 heterocycles. The summed E-state index contributed by atoms with van der Waals surface area (Å²) in [4.78, 5) is 31.1. The fourth-order valence-corrected chi connectivity index (χ4v) is 5.27. The molecule has 0 radical (unpaired) electrons. The number of piperazine rings is 1. The van der Waals surface area contributed by atoms with Crippen LogP contribution in [0.25, 0.3) is 0 Å². The highest BCUT2D eigenvalue weighted by atomic mass is 35.5. The van der Waals surface area contributed by atoms with Gasteiger partial charge in [-0.05, 0) is 29.7 Å². The van der Waals surface area contributed by atoms with Crippen molar-refractivity contribution in [3.63, 3.8) is 0 Å². The molecule has 3 saturated heterocycles. The predicted molar refractivity (Wildman–Crippen MR) is 126 cm³/mol. The summed E-state index contributed by atoms with van der Waals surface area (Å²) in [6.45, 7) is 4.20. The molecule has 0 aromatic heterocycles. The summed E-state index contributed by atoms with van der Waals surface area (Å²) in [7, 11) is 0. The van der Waals surface area contributed by atoms with Gasteiger partial charge in [-0.25, -0.2) is 4.79 Å². The third-order valence-corrected chi connectivity index (χ3v) is 7.10. The number of nitrogens with one attached hydrogen (secondary N) is 1. The molecule has 7 nitrogen and oxygen atoms in total.